The lowest BCUT2D eigenvalue weighted by atomic mass is 9.97. The minimum absolute atomic E-state index is 0.0624. The Bertz CT molecular complexity index is 565. The third kappa shape index (κ3) is 5.04. The van der Waals surface area contributed by atoms with Gasteiger partial charge in [0.25, 0.3) is 0 Å². The number of esters is 1. The van der Waals surface area contributed by atoms with Crippen molar-refractivity contribution in [3.8, 4) is 0 Å². The van der Waals surface area contributed by atoms with Crippen molar-refractivity contribution in [1.82, 2.24) is 4.90 Å². The Labute approximate surface area is 145 Å². The number of rotatable bonds is 5. The molecule has 0 aromatic heterocycles. The highest BCUT2D eigenvalue weighted by molar-refractivity contribution is 9.10. The molecule has 2 rings (SSSR count). The van der Waals surface area contributed by atoms with Gasteiger partial charge in [-0.05, 0) is 51.4 Å². The molecular weight excluding hydrogens is 360 g/mol. The van der Waals surface area contributed by atoms with E-state index in [0.717, 1.165) is 29.5 Å². The van der Waals surface area contributed by atoms with Crippen molar-refractivity contribution in [3.05, 3.63) is 28.7 Å². The molecule has 0 radical (unpaired) electrons. The first-order chi connectivity index (χ1) is 11.0. The Balaban J connectivity index is 1.94. The molecule has 23 heavy (non-hydrogen) atoms. The number of amides is 1. The second-order valence-electron chi connectivity index (χ2n) is 5.76. The van der Waals surface area contributed by atoms with E-state index in [1.165, 1.54) is 0 Å². The van der Waals surface area contributed by atoms with Crippen molar-refractivity contribution in [2.45, 2.75) is 32.7 Å². The maximum absolute atomic E-state index is 12.4. The van der Waals surface area contributed by atoms with E-state index in [0.29, 0.717) is 13.2 Å². The number of piperidine rings is 1. The minimum atomic E-state index is -0.286. The molecule has 0 saturated carbocycles. The number of nitrogens with zero attached hydrogens (tertiary/aromatic N) is 1. The topological polar surface area (TPSA) is 58.6 Å². The highest BCUT2D eigenvalue weighted by Crippen LogP contribution is 2.21. The molecule has 126 valence electrons. The highest BCUT2D eigenvalue weighted by atomic mass is 79.9. The number of carbonyl (C=O) groups is 2. The van der Waals surface area contributed by atoms with Crippen LogP contribution in [-0.2, 0) is 14.3 Å². The van der Waals surface area contributed by atoms with Gasteiger partial charge in [-0.15, -0.1) is 0 Å². The van der Waals surface area contributed by atoms with Crippen LogP contribution in [0.25, 0.3) is 0 Å². The van der Waals surface area contributed by atoms with E-state index in [1.54, 1.807) is 0 Å². The Hall–Kier alpha value is -1.40. The quantitative estimate of drug-likeness (QED) is 0.795. The molecule has 6 heteroatoms. The number of ether oxygens (including phenoxy) is 1. The van der Waals surface area contributed by atoms with Crippen LogP contribution in [0.2, 0.25) is 0 Å². The van der Waals surface area contributed by atoms with E-state index in [2.05, 4.69) is 26.1 Å². The third-order valence-corrected chi connectivity index (χ3v) is 4.59. The maximum Gasteiger partial charge on any atom is 0.310 e. The molecule has 5 nitrogen and oxygen atoms in total. The SMILES string of the molecule is CCOC(=O)[C@H]1CCCN([C@@H](C)C(=O)Nc2cccc(Br)c2)C1. The molecule has 1 heterocycles. The molecule has 0 aliphatic carbocycles. The van der Waals surface area contributed by atoms with Crippen LogP contribution in [0.15, 0.2) is 28.7 Å². The molecule has 0 unspecified atom stereocenters. The maximum atomic E-state index is 12.4. The molecule has 0 spiro atoms. The summed E-state index contributed by atoms with van der Waals surface area (Å²) in [6.45, 7) is 5.48. The first-order valence-corrected chi connectivity index (χ1v) is 8.77. The summed E-state index contributed by atoms with van der Waals surface area (Å²) in [5.41, 5.74) is 0.759. The van der Waals surface area contributed by atoms with Gasteiger partial charge in [0, 0.05) is 16.7 Å². The highest BCUT2D eigenvalue weighted by Gasteiger charge is 2.31. The van der Waals surface area contributed by atoms with Gasteiger partial charge in [-0.1, -0.05) is 22.0 Å². The van der Waals surface area contributed by atoms with E-state index in [1.807, 2.05) is 38.1 Å². The average molecular weight is 383 g/mol. The number of hydrogen-bond donors (Lipinski definition) is 1. The van der Waals surface area contributed by atoms with Crippen LogP contribution < -0.4 is 5.32 Å². The fourth-order valence-corrected chi connectivity index (χ4v) is 3.19. The van der Waals surface area contributed by atoms with Gasteiger partial charge in [-0.25, -0.2) is 0 Å². The van der Waals surface area contributed by atoms with Crippen molar-refractivity contribution in [2.75, 3.05) is 25.0 Å². The number of hydrogen-bond acceptors (Lipinski definition) is 4. The number of anilines is 1. The summed E-state index contributed by atoms with van der Waals surface area (Å²) in [5, 5.41) is 2.92. The van der Waals surface area contributed by atoms with E-state index >= 15 is 0 Å². The Kier molecular flexibility index (Phi) is 6.59. The molecule has 0 bridgehead atoms. The van der Waals surface area contributed by atoms with Gasteiger partial charge in [-0.2, -0.15) is 0 Å². The molecule has 1 aliphatic heterocycles. The number of likely N-dealkylation sites (tertiary alicyclic amines) is 1. The van der Waals surface area contributed by atoms with Crippen molar-refractivity contribution >= 4 is 33.5 Å². The van der Waals surface area contributed by atoms with Gasteiger partial charge in [0.05, 0.1) is 18.6 Å². The van der Waals surface area contributed by atoms with Gasteiger partial charge >= 0.3 is 5.97 Å². The molecule has 1 aliphatic rings. The Morgan fingerprint density at radius 1 is 1.48 bits per heavy atom. The largest absolute Gasteiger partial charge is 0.466 e. The normalized spacial score (nSPS) is 19.9. The predicted molar refractivity (Wildman–Crippen MR) is 93.2 cm³/mol. The average Bonchev–Trinajstić information content (AvgIpc) is 2.54. The fraction of sp³-hybridized carbons (Fsp3) is 0.529. The lowest BCUT2D eigenvalue weighted by Crippen LogP contribution is -2.48. The van der Waals surface area contributed by atoms with Crippen LogP contribution in [0, 0.1) is 5.92 Å². The molecule has 1 saturated heterocycles. The van der Waals surface area contributed by atoms with Crippen LogP contribution in [-0.4, -0.2) is 42.5 Å². The third-order valence-electron chi connectivity index (χ3n) is 4.09. The summed E-state index contributed by atoms with van der Waals surface area (Å²) in [5.74, 6) is -0.353. The van der Waals surface area contributed by atoms with Crippen LogP contribution in [0.4, 0.5) is 5.69 Å². The lowest BCUT2D eigenvalue weighted by molar-refractivity contribution is -0.150. The number of carbonyl (C=O) groups excluding carboxylic acids is 2. The Morgan fingerprint density at radius 3 is 2.96 bits per heavy atom. The van der Waals surface area contributed by atoms with Gasteiger partial charge in [0.15, 0.2) is 0 Å². The zero-order valence-electron chi connectivity index (χ0n) is 13.5. The van der Waals surface area contributed by atoms with Crippen LogP contribution in [0.3, 0.4) is 0 Å². The molecule has 1 amide bonds. The van der Waals surface area contributed by atoms with E-state index in [9.17, 15) is 9.59 Å². The number of nitrogens with one attached hydrogen (secondary N) is 1. The fourth-order valence-electron chi connectivity index (χ4n) is 2.79. The second-order valence-corrected chi connectivity index (χ2v) is 6.68. The van der Waals surface area contributed by atoms with Crippen molar-refractivity contribution in [1.29, 1.82) is 0 Å². The van der Waals surface area contributed by atoms with Crippen molar-refractivity contribution < 1.29 is 14.3 Å². The molecule has 2 atom stereocenters. The zero-order chi connectivity index (χ0) is 16.8. The Morgan fingerprint density at radius 2 is 2.26 bits per heavy atom. The zero-order valence-corrected chi connectivity index (χ0v) is 15.1. The van der Waals surface area contributed by atoms with Crippen LogP contribution in [0.5, 0.6) is 0 Å². The summed E-state index contributed by atoms with van der Waals surface area (Å²) in [6, 6.07) is 7.22. The minimum Gasteiger partial charge on any atom is -0.466 e. The standard InChI is InChI=1S/C17H23BrN2O3/c1-3-23-17(22)13-6-5-9-20(11-13)12(2)16(21)19-15-8-4-7-14(18)10-15/h4,7-8,10,12-13H,3,5-6,9,11H2,1-2H3,(H,19,21)/t12-,13-/m0/s1. The molecule has 1 N–H and O–H groups in total. The van der Waals surface area contributed by atoms with E-state index in [4.69, 9.17) is 4.74 Å². The second kappa shape index (κ2) is 8.45. The predicted octanol–water partition coefficient (Wildman–Crippen LogP) is 3.05. The van der Waals surface area contributed by atoms with Gasteiger partial charge in [0.1, 0.15) is 0 Å². The lowest BCUT2D eigenvalue weighted by Gasteiger charge is -2.35. The van der Waals surface area contributed by atoms with Crippen molar-refractivity contribution in [2.24, 2.45) is 5.92 Å². The molecule has 1 fully saturated rings. The summed E-state index contributed by atoms with van der Waals surface area (Å²) >= 11 is 3.39. The van der Waals surface area contributed by atoms with Gasteiger partial charge in [0.2, 0.25) is 5.91 Å². The molecule has 1 aromatic carbocycles. The molecule has 1 aromatic rings. The van der Waals surface area contributed by atoms with E-state index < -0.39 is 0 Å². The van der Waals surface area contributed by atoms with Gasteiger partial charge in [-0.3, -0.25) is 14.5 Å². The molecular formula is C17H23BrN2O3. The number of benzene rings is 1. The smallest absolute Gasteiger partial charge is 0.310 e. The number of halogens is 1. The van der Waals surface area contributed by atoms with Crippen LogP contribution in [0.1, 0.15) is 26.7 Å². The van der Waals surface area contributed by atoms with Gasteiger partial charge < -0.3 is 10.1 Å². The monoisotopic (exact) mass is 382 g/mol. The summed E-state index contributed by atoms with van der Waals surface area (Å²) in [4.78, 5) is 26.4. The van der Waals surface area contributed by atoms with Crippen molar-refractivity contribution in [3.63, 3.8) is 0 Å². The first kappa shape index (κ1) is 17.9. The summed E-state index contributed by atoms with van der Waals surface area (Å²) in [6.07, 6.45) is 1.73. The summed E-state index contributed by atoms with van der Waals surface area (Å²) < 4.78 is 6.03. The first-order valence-electron chi connectivity index (χ1n) is 7.98. The van der Waals surface area contributed by atoms with E-state index in [-0.39, 0.29) is 23.8 Å². The summed E-state index contributed by atoms with van der Waals surface area (Å²) in [7, 11) is 0. The van der Waals surface area contributed by atoms with Crippen LogP contribution >= 0.6 is 15.9 Å².